The summed E-state index contributed by atoms with van der Waals surface area (Å²) < 4.78 is 5.52. The average Bonchev–Trinajstić information content (AvgIpc) is 2.48. The largest absolute Gasteiger partial charge is 0.377 e. The second-order valence-electron chi connectivity index (χ2n) is 4.01. The minimum atomic E-state index is 0.511. The smallest absolute Gasteiger partial charge is 0.149 e. The number of anilines is 2. The van der Waals surface area contributed by atoms with Crippen LogP contribution in [0.3, 0.4) is 0 Å². The molecule has 0 aromatic carbocycles. The van der Waals surface area contributed by atoms with Gasteiger partial charge < -0.3 is 15.0 Å². The molecule has 1 N–H and O–H groups in total. The van der Waals surface area contributed by atoms with Gasteiger partial charge in [0.1, 0.15) is 5.82 Å². The van der Waals surface area contributed by atoms with Gasteiger partial charge in [0.2, 0.25) is 0 Å². The Bertz CT molecular complexity index is 355. The molecule has 1 unspecified atom stereocenters. The van der Waals surface area contributed by atoms with Crippen LogP contribution in [0, 0.1) is 0 Å². The van der Waals surface area contributed by atoms with Gasteiger partial charge in [0.05, 0.1) is 24.9 Å². The summed E-state index contributed by atoms with van der Waals surface area (Å²) in [6, 6.07) is 4.65. The summed E-state index contributed by atoms with van der Waals surface area (Å²) >= 11 is 0. The first-order valence-electron chi connectivity index (χ1n) is 5.48. The lowest BCUT2D eigenvalue weighted by molar-refractivity contribution is 0.0931. The van der Waals surface area contributed by atoms with Crippen LogP contribution in [0.1, 0.15) is 6.42 Å². The van der Waals surface area contributed by atoms with E-state index >= 15 is 0 Å². The van der Waals surface area contributed by atoms with E-state index in [-0.39, 0.29) is 0 Å². The van der Waals surface area contributed by atoms with Crippen molar-refractivity contribution < 1.29 is 4.74 Å². The van der Waals surface area contributed by atoms with Crippen LogP contribution >= 0.6 is 0 Å². The highest BCUT2D eigenvalue weighted by Crippen LogP contribution is 2.29. The van der Waals surface area contributed by atoms with Crippen molar-refractivity contribution >= 4 is 11.5 Å². The number of morpholine rings is 1. The predicted molar refractivity (Wildman–Crippen MR) is 59.3 cm³/mol. The molecule has 1 fully saturated rings. The maximum Gasteiger partial charge on any atom is 0.149 e. The Kier molecular flexibility index (Phi) is 2.21. The maximum absolute atomic E-state index is 5.52. The van der Waals surface area contributed by atoms with Crippen LogP contribution in [0.5, 0.6) is 0 Å². The minimum absolute atomic E-state index is 0.511. The lowest BCUT2D eigenvalue weighted by Crippen LogP contribution is -2.45. The van der Waals surface area contributed by atoms with E-state index in [0.29, 0.717) is 6.04 Å². The normalized spacial score (nSPS) is 24.8. The highest BCUT2D eigenvalue weighted by molar-refractivity contribution is 5.67. The van der Waals surface area contributed by atoms with E-state index < -0.39 is 0 Å². The Morgan fingerprint density at radius 1 is 1.53 bits per heavy atom. The van der Waals surface area contributed by atoms with Gasteiger partial charge in [0, 0.05) is 19.3 Å². The van der Waals surface area contributed by atoms with E-state index in [1.165, 1.54) is 5.69 Å². The molecule has 0 radical (unpaired) electrons. The molecule has 3 heterocycles. The second kappa shape index (κ2) is 3.70. The van der Waals surface area contributed by atoms with Gasteiger partial charge in [0.25, 0.3) is 0 Å². The van der Waals surface area contributed by atoms with Gasteiger partial charge in [0.15, 0.2) is 0 Å². The van der Waals surface area contributed by atoms with Gasteiger partial charge in [-0.15, -0.1) is 0 Å². The van der Waals surface area contributed by atoms with Crippen LogP contribution < -0.4 is 10.2 Å². The van der Waals surface area contributed by atoms with Crippen molar-refractivity contribution in [1.82, 2.24) is 4.98 Å². The van der Waals surface area contributed by atoms with E-state index in [0.717, 1.165) is 38.5 Å². The van der Waals surface area contributed by atoms with Crippen molar-refractivity contribution in [2.45, 2.75) is 12.5 Å². The fourth-order valence-electron chi connectivity index (χ4n) is 2.33. The molecule has 4 heteroatoms. The van der Waals surface area contributed by atoms with E-state index in [1.807, 2.05) is 12.3 Å². The molecule has 0 amide bonds. The van der Waals surface area contributed by atoms with Crippen molar-refractivity contribution in [2.24, 2.45) is 0 Å². The SMILES string of the molecule is c1cnc2c(c1)N1CCOCC1CCN2. The van der Waals surface area contributed by atoms with Crippen molar-refractivity contribution in [2.75, 3.05) is 36.5 Å². The summed E-state index contributed by atoms with van der Waals surface area (Å²) in [7, 11) is 0. The lowest BCUT2D eigenvalue weighted by atomic mass is 10.1. The molecule has 0 spiro atoms. The minimum Gasteiger partial charge on any atom is -0.377 e. The summed E-state index contributed by atoms with van der Waals surface area (Å²) in [5.74, 6) is 1.02. The molecule has 3 rings (SSSR count). The van der Waals surface area contributed by atoms with E-state index in [1.54, 1.807) is 0 Å². The highest BCUT2D eigenvalue weighted by Gasteiger charge is 2.27. The zero-order chi connectivity index (χ0) is 10.1. The van der Waals surface area contributed by atoms with E-state index in [2.05, 4.69) is 21.3 Å². The molecule has 4 nitrogen and oxygen atoms in total. The number of nitrogens with one attached hydrogen (secondary N) is 1. The summed E-state index contributed by atoms with van der Waals surface area (Å²) in [5.41, 5.74) is 1.23. The fourth-order valence-corrected chi connectivity index (χ4v) is 2.33. The zero-order valence-electron chi connectivity index (χ0n) is 8.65. The number of ether oxygens (including phenoxy) is 1. The summed E-state index contributed by atoms with van der Waals surface area (Å²) in [5, 5.41) is 3.37. The summed E-state index contributed by atoms with van der Waals surface area (Å²) in [4.78, 5) is 6.80. The number of nitrogens with zero attached hydrogens (tertiary/aromatic N) is 2. The molecule has 1 aromatic rings. The molecule has 2 aliphatic heterocycles. The molecule has 0 bridgehead atoms. The van der Waals surface area contributed by atoms with Crippen LogP contribution in [-0.4, -0.2) is 37.3 Å². The second-order valence-corrected chi connectivity index (χ2v) is 4.01. The van der Waals surface area contributed by atoms with Crippen LogP contribution in [-0.2, 0) is 4.74 Å². The third-order valence-corrected chi connectivity index (χ3v) is 3.09. The molecule has 80 valence electrons. The lowest BCUT2D eigenvalue weighted by Gasteiger charge is -2.36. The molecule has 1 atom stereocenters. The molecule has 2 aliphatic rings. The number of hydrogen-bond donors (Lipinski definition) is 1. The fraction of sp³-hybridized carbons (Fsp3) is 0.545. The summed E-state index contributed by atoms with van der Waals surface area (Å²) in [6.07, 6.45) is 2.96. The predicted octanol–water partition coefficient (Wildman–Crippen LogP) is 1.10. The Morgan fingerprint density at radius 3 is 3.53 bits per heavy atom. The van der Waals surface area contributed by atoms with Gasteiger partial charge in [-0.2, -0.15) is 0 Å². The zero-order valence-corrected chi connectivity index (χ0v) is 8.65. The Hall–Kier alpha value is -1.29. The average molecular weight is 205 g/mol. The van der Waals surface area contributed by atoms with Crippen molar-refractivity contribution in [1.29, 1.82) is 0 Å². The van der Waals surface area contributed by atoms with Crippen LogP contribution in [0.15, 0.2) is 18.3 Å². The number of pyridine rings is 1. The van der Waals surface area contributed by atoms with E-state index in [4.69, 9.17) is 4.74 Å². The van der Waals surface area contributed by atoms with Crippen LogP contribution in [0.2, 0.25) is 0 Å². The first-order chi connectivity index (χ1) is 7.45. The van der Waals surface area contributed by atoms with Gasteiger partial charge >= 0.3 is 0 Å². The highest BCUT2D eigenvalue weighted by atomic mass is 16.5. The first-order valence-corrected chi connectivity index (χ1v) is 5.48. The number of hydrogen-bond acceptors (Lipinski definition) is 4. The van der Waals surface area contributed by atoms with E-state index in [9.17, 15) is 0 Å². The standard InChI is InChI=1S/C11H15N3O/c1-2-10-11(12-4-1)13-5-3-9-8-15-7-6-14(9)10/h1-2,4,9H,3,5-8H2,(H,12,13). The quantitative estimate of drug-likeness (QED) is 0.688. The molecule has 15 heavy (non-hydrogen) atoms. The van der Waals surface area contributed by atoms with Crippen LogP contribution in [0.25, 0.3) is 0 Å². The third kappa shape index (κ3) is 1.55. The van der Waals surface area contributed by atoms with Gasteiger partial charge in [-0.3, -0.25) is 0 Å². The Labute approximate surface area is 89.3 Å². The van der Waals surface area contributed by atoms with Crippen LogP contribution in [0.4, 0.5) is 11.5 Å². The number of aromatic nitrogens is 1. The van der Waals surface area contributed by atoms with Gasteiger partial charge in [-0.05, 0) is 18.6 Å². The van der Waals surface area contributed by atoms with Gasteiger partial charge in [-0.25, -0.2) is 4.98 Å². The molecule has 1 aromatic heterocycles. The molecular weight excluding hydrogens is 190 g/mol. The number of fused-ring (bicyclic) bond motifs is 3. The maximum atomic E-state index is 5.52. The first kappa shape index (κ1) is 8.97. The monoisotopic (exact) mass is 205 g/mol. The Balaban J connectivity index is 1.99. The molecule has 0 aliphatic carbocycles. The third-order valence-electron chi connectivity index (χ3n) is 3.09. The van der Waals surface area contributed by atoms with Crippen molar-refractivity contribution in [3.8, 4) is 0 Å². The summed E-state index contributed by atoms with van der Waals surface area (Å²) in [6.45, 7) is 3.63. The number of rotatable bonds is 0. The topological polar surface area (TPSA) is 37.4 Å². The van der Waals surface area contributed by atoms with Crippen molar-refractivity contribution in [3.05, 3.63) is 18.3 Å². The Morgan fingerprint density at radius 2 is 2.53 bits per heavy atom. The molecular formula is C11H15N3O. The molecule has 0 saturated carbocycles. The molecule has 1 saturated heterocycles. The van der Waals surface area contributed by atoms with Crippen molar-refractivity contribution in [3.63, 3.8) is 0 Å². The van der Waals surface area contributed by atoms with Gasteiger partial charge in [-0.1, -0.05) is 0 Å².